The Hall–Kier alpha value is -3.82. The standard InChI is InChI=1S/C35H45N3O5S/c1-34(2,3)37-31(40)27-20-14-13-17-25(27)22-30(39)28(21-24-15-9-7-10-16-24)36-32(41)29(38(33(42)43)35(4,5)6)23-44-26-18-11-8-12-19-26/h7-20,28-30,39H,21-23H2,1-6H3,(H,36,41)(H,37,40)(H,42,43)/p-1/t28-,29+,30+/m0/s1. The number of hydrogen-bond acceptors (Lipinski definition) is 6. The van der Waals surface area contributed by atoms with Gasteiger partial charge in [0, 0.05) is 33.7 Å². The number of aliphatic hydroxyl groups excluding tert-OH is 1. The van der Waals surface area contributed by atoms with Gasteiger partial charge in [-0.25, -0.2) is 0 Å². The minimum Gasteiger partial charge on any atom is -0.530 e. The van der Waals surface area contributed by atoms with Crippen LogP contribution in [0.5, 0.6) is 0 Å². The van der Waals surface area contributed by atoms with Crippen molar-refractivity contribution in [2.45, 2.75) is 88.5 Å². The average Bonchev–Trinajstić information content (AvgIpc) is 2.94. The van der Waals surface area contributed by atoms with E-state index >= 15 is 0 Å². The molecule has 0 aromatic heterocycles. The highest BCUT2D eigenvalue weighted by Gasteiger charge is 2.36. The maximum Gasteiger partial charge on any atom is 0.251 e. The Kier molecular flexibility index (Phi) is 12.0. The Balaban J connectivity index is 1.93. The van der Waals surface area contributed by atoms with Crippen LogP contribution in [0.1, 0.15) is 63.0 Å². The molecule has 8 nitrogen and oxygen atoms in total. The second-order valence-electron chi connectivity index (χ2n) is 12.9. The van der Waals surface area contributed by atoms with Crippen molar-refractivity contribution in [3.8, 4) is 0 Å². The summed E-state index contributed by atoms with van der Waals surface area (Å²) >= 11 is 1.37. The number of nitrogens with zero attached hydrogens (tertiary/aromatic N) is 1. The molecular weight excluding hydrogens is 574 g/mol. The summed E-state index contributed by atoms with van der Waals surface area (Å²) in [5, 5.41) is 30.0. The van der Waals surface area contributed by atoms with Crippen LogP contribution in [-0.2, 0) is 17.6 Å². The summed E-state index contributed by atoms with van der Waals surface area (Å²) < 4.78 is 0. The van der Waals surface area contributed by atoms with Crippen LogP contribution in [0.4, 0.5) is 4.79 Å². The number of amides is 3. The molecule has 0 aliphatic heterocycles. The van der Waals surface area contributed by atoms with Gasteiger partial charge in [-0.2, -0.15) is 0 Å². The lowest BCUT2D eigenvalue weighted by Gasteiger charge is -2.43. The molecule has 0 saturated carbocycles. The lowest BCUT2D eigenvalue weighted by Crippen LogP contribution is -2.63. The van der Waals surface area contributed by atoms with Gasteiger partial charge < -0.3 is 30.5 Å². The zero-order valence-electron chi connectivity index (χ0n) is 26.4. The fraction of sp³-hybridized carbons (Fsp3) is 0.400. The van der Waals surface area contributed by atoms with E-state index in [-0.39, 0.29) is 18.1 Å². The van der Waals surface area contributed by atoms with Gasteiger partial charge >= 0.3 is 0 Å². The first kappa shape index (κ1) is 34.7. The Morgan fingerprint density at radius 2 is 1.41 bits per heavy atom. The smallest absolute Gasteiger partial charge is 0.251 e. The monoisotopic (exact) mass is 618 g/mol. The molecule has 0 unspecified atom stereocenters. The molecule has 3 N–H and O–H groups in total. The van der Waals surface area contributed by atoms with E-state index < -0.39 is 41.3 Å². The fourth-order valence-electron chi connectivity index (χ4n) is 4.95. The second kappa shape index (κ2) is 15.3. The number of benzene rings is 3. The van der Waals surface area contributed by atoms with Gasteiger partial charge in [0.1, 0.15) is 12.1 Å². The summed E-state index contributed by atoms with van der Waals surface area (Å²) in [5.41, 5.74) is 0.594. The van der Waals surface area contributed by atoms with Crippen molar-refractivity contribution in [3.63, 3.8) is 0 Å². The molecule has 3 aromatic carbocycles. The third-order valence-corrected chi connectivity index (χ3v) is 8.04. The fourth-order valence-corrected chi connectivity index (χ4v) is 5.95. The van der Waals surface area contributed by atoms with Crippen molar-refractivity contribution in [2.75, 3.05) is 5.75 Å². The lowest BCUT2D eigenvalue weighted by molar-refractivity contribution is -0.272. The van der Waals surface area contributed by atoms with E-state index in [1.807, 2.05) is 81.4 Å². The summed E-state index contributed by atoms with van der Waals surface area (Å²) in [7, 11) is 0. The van der Waals surface area contributed by atoms with E-state index in [0.717, 1.165) is 15.4 Å². The number of carboxylic acid groups (broad SMARTS) is 1. The first-order valence-corrected chi connectivity index (χ1v) is 15.7. The number of nitrogens with one attached hydrogen (secondary N) is 2. The molecule has 0 bridgehead atoms. The number of carbonyl (C=O) groups is 3. The molecule has 236 valence electrons. The molecule has 0 aliphatic carbocycles. The zero-order valence-corrected chi connectivity index (χ0v) is 27.2. The van der Waals surface area contributed by atoms with Gasteiger partial charge in [0.25, 0.3) is 5.91 Å². The number of thioether (sulfide) groups is 1. The second-order valence-corrected chi connectivity index (χ2v) is 14.0. The van der Waals surface area contributed by atoms with Crippen LogP contribution in [0.15, 0.2) is 89.8 Å². The average molecular weight is 619 g/mol. The van der Waals surface area contributed by atoms with E-state index in [1.165, 1.54) is 11.8 Å². The largest absolute Gasteiger partial charge is 0.530 e. The Morgan fingerprint density at radius 1 is 0.841 bits per heavy atom. The molecule has 3 aromatic rings. The zero-order chi connectivity index (χ0) is 32.5. The number of aliphatic hydroxyl groups is 1. The van der Waals surface area contributed by atoms with Gasteiger partial charge in [-0.05, 0) is 77.3 Å². The van der Waals surface area contributed by atoms with Gasteiger partial charge in [-0.1, -0.05) is 66.7 Å². The predicted molar refractivity (Wildman–Crippen MR) is 173 cm³/mol. The van der Waals surface area contributed by atoms with Crippen LogP contribution in [0.25, 0.3) is 0 Å². The Morgan fingerprint density at radius 3 is 1.98 bits per heavy atom. The molecule has 0 heterocycles. The van der Waals surface area contributed by atoms with E-state index in [2.05, 4.69) is 10.6 Å². The minimum absolute atomic E-state index is 0.0957. The maximum atomic E-state index is 14.0. The number of hydrogen-bond donors (Lipinski definition) is 3. The van der Waals surface area contributed by atoms with E-state index in [1.54, 1.807) is 45.0 Å². The van der Waals surface area contributed by atoms with Gasteiger partial charge in [0.15, 0.2) is 0 Å². The maximum absolute atomic E-state index is 14.0. The van der Waals surface area contributed by atoms with Crippen LogP contribution in [-0.4, -0.2) is 62.9 Å². The number of rotatable bonds is 12. The molecule has 0 aliphatic rings. The highest BCUT2D eigenvalue weighted by Crippen LogP contribution is 2.25. The molecule has 3 atom stereocenters. The topological polar surface area (TPSA) is 122 Å². The third-order valence-electron chi connectivity index (χ3n) is 6.95. The van der Waals surface area contributed by atoms with Crippen molar-refractivity contribution in [3.05, 3.63) is 102 Å². The Bertz CT molecular complexity index is 1390. The van der Waals surface area contributed by atoms with Gasteiger partial charge in [-0.15, -0.1) is 11.8 Å². The minimum atomic E-state index is -1.45. The summed E-state index contributed by atoms with van der Waals surface area (Å²) in [4.78, 5) is 41.4. The molecule has 0 radical (unpaired) electrons. The SMILES string of the molecule is CC(C)(C)NC(=O)c1ccccc1C[C@@H](O)[C@H](Cc1ccccc1)NC(=O)[C@@H](CSc1ccccc1)N(C(=O)[O-])C(C)(C)C. The molecule has 0 spiro atoms. The van der Waals surface area contributed by atoms with E-state index in [4.69, 9.17) is 0 Å². The van der Waals surface area contributed by atoms with Crippen molar-refractivity contribution in [1.29, 1.82) is 0 Å². The first-order chi connectivity index (χ1) is 20.7. The van der Waals surface area contributed by atoms with Crippen molar-refractivity contribution >= 4 is 29.7 Å². The van der Waals surface area contributed by atoms with Crippen LogP contribution in [0.2, 0.25) is 0 Å². The highest BCUT2D eigenvalue weighted by atomic mass is 32.2. The van der Waals surface area contributed by atoms with E-state index in [9.17, 15) is 24.6 Å². The highest BCUT2D eigenvalue weighted by molar-refractivity contribution is 7.99. The lowest BCUT2D eigenvalue weighted by atomic mass is 9.93. The normalized spacial score (nSPS) is 13.8. The van der Waals surface area contributed by atoms with Gasteiger partial charge in [-0.3, -0.25) is 9.59 Å². The molecule has 9 heteroatoms. The van der Waals surface area contributed by atoms with Gasteiger partial charge in [0.2, 0.25) is 5.91 Å². The third kappa shape index (κ3) is 10.4. The van der Waals surface area contributed by atoms with Crippen molar-refractivity contribution in [1.82, 2.24) is 15.5 Å². The predicted octanol–water partition coefficient (Wildman–Crippen LogP) is 4.45. The molecule has 0 saturated heterocycles. The summed E-state index contributed by atoms with van der Waals surface area (Å²) in [6, 6.07) is 24.1. The van der Waals surface area contributed by atoms with Crippen molar-refractivity contribution in [2.24, 2.45) is 0 Å². The molecule has 3 amide bonds. The van der Waals surface area contributed by atoms with Crippen LogP contribution >= 0.6 is 11.8 Å². The molecule has 44 heavy (non-hydrogen) atoms. The quantitative estimate of drug-likeness (QED) is 0.258. The van der Waals surface area contributed by atoms with Crippen LogP contribution in [0.3, 0.4) is 0 Å². The summed E-state index contributed by atoms with van der Waals surface area (Å²) in [6.07, 6.45) is -2.15. The number of carbonyl (C=O) groups excluding carboxylic acids is 3. The van der Waals surface area contributed by atoms with Gasteiger partial charge in [0.05, 0.1) is 12.1 Å². The van der Waals surface area contributed by atoms with E-state index in [0.29, 0.717) is 17.5 Å². The van der Waals surface area contributed by atoms with Crippen LogP contribution < -0.4 is 15.7 Å². The first-order valence-electron chi connectivity index (χ1n) is 14.8. The summed E-state index contributed by atoms with van der Waals surface area (Å²) in [5.74, 6) is -0.645. The Labute approximate surface area is 265 Å². The molecule has 0 fully saturated rings. The molecule has 3 rings (SSSR count). The molecular formula is C35H44N3O5S-. The van der Waals surface area contributed by atoms with Crippen molar-refractivity contribution < 1.29 is 24.6 Å². The summed E-state index contributed by atoms with van der Waals surface area (Å²) in [6.45, 7) is 10.8. The van der Waals surface area contributed by atoms with Crippen LogP contribution in [0, 0.1) is 0 Å².